The number of rotatable bonds is 4. The van der Waals surface area contributed by atoms with Crippen LogP contribution >= 0.6 is 27.5 Å². The fraction of sp³-hybridized carbons (Fsp3) is 0.0556. The maximum Gasteiger partial charge on any atom is 0.341 e. The molecule has 0 bridgehead atoms. The summed E-state index contributed by atoms with van der Waals surface area (Å²) in [4.78, 5) is 38.0. The first-order chi connectivity index (χ1) is 12.4. The summed E-state index contributed by atoms with van der Waals surface area (Å²) < 4.78 is 0.660. The molecule has 0 saturated heterocycles. The molecule has 0 radical (unpaired) electrons. The van der Waals surface area contributed by atoms with Crippen LogP contribution in [0.2, 0.25) is 5.02 Å². The zero-order valence-electron chi connectivity index (χ0n) is 13.2. The standard InChI is InChI=1S/C18H12BrClN2O4/c19-14-4-2-1-3-12(14)16(23)21-8-10-6-11(20)5-9-7-13(18(25)26)17(24)22-15(9)10/h1-7H,8H2,(H,21,23)(H,22,24)(H,25,26). The summed E-state index contributed by atoms with van der Waals surface area (Å²) in [7, 11) is 0. The zero-order valence-corrected chi connectivity index (χ0v) is 15.5. The number of amides is 1. The Morgan fingerprint density at radius 3 is 2.58 bits per heavy atom. The van der Waals surface area contributed by atoms with Gasteiger partial charge in [0.15, 0.2) is 0 Å². The number of pyridine rings is 1. The van der Waals surface area contributed by atoms with E-state index in [0.29, 0.717) is 31.5 Å². The molecule has 0 aliphatic rings. The monoisotopic (exact) mass is 434 g/mol. The van der Waals surface area contributed by atoms with E-state index in [4.69, 9.17) is 16.7 Å². The van der Waals surface area contributed by atoms with E-state index in [1.165, 1.54) is 6.07 Å². The molecule has 0 aliphatic carbocycles. The molecule has 1 heterocycles. The molecule has 1 aromatic heterocycles. The average Bonchev–Trinajstić information content (AvgIpc) is 2.59. The Morgan fingerprint density at radius 1 is 1.15 bits per heavy atom. The van der Waals surface area contributed by atoms with Crippen LogP contribution in [-0.2, 0) is 6.54 Å². The highest BCUT2D eigenvalue weighted by Gasteiger charge is 2.14. The number of carbonyl (C=O) groups is 2. The Kier molecular flexibility index (Phi) is 5.11. The van der Waals surface area contributed by atoms with E-state index in [9.17, 15) is 14.4 Å². The number of halogens is 2. The van der Waals surface area contributed by atoms with Crippen molar-refractivity contribution < 1.29 is 14.7 Å². The number of carbonyl (C=O) groups excluding carboxylic acids is 1. The molecule has 0 spiro atoms. The molecular weight excluding hydrogens is 424 g/mol. The molecule has 0 aliphatic heterocycles. The SMILES string of the molecule is O=C(NCc1cc(Cl)cc2cc(C(=O)O)c(=O)[nH]c12)c1ccccc1Br. The zero-order chi connectivity index (χ0) is 18.8. The minimum Gasteiger partial charge on any atom is -0.477 e. The fourth-order valence-electron chi connectivity index (χ4n) is 2.57. The van der Waals surface area contributed by atoms with Crippen molar-refractivity contribution in [2.75, 3.05) is 0 Å². The maximum absolute atomic E-state index is 12.3. The molecule has 6 nitrogen and oxygen atoms in total. The second kappa shape index (κ2) is 7.31. The third-order valence-electron chi connectivity index (χ3n) is 3.79. The van der Waals surface area contributed by atoms with Crippen LogP contribution in [0.3, 0.4) is 0 Å². The van der Waals surface area contributed by atoms with Gasteiger partial charge in [-0.2, -0.15) is 0 Å². The van der Waals surface area contributed by atoms with Crippen molar-refractivity contribution in [2.45, 2.75) is 6.54 Å². The van der Waals surface area contributed by atoms with Gasteiger partial charge in [0.1, 0.15) is 5.56 Å². The van der Waals surface area contributed by atoms with E-state index in [0.717, 1.165) is 0 Å². The van der Waals surface area contributed by atoms with Gasteiger partial charge in [0.25, 0.3) is 11.5 Å². The Morgan fingerprint density at radius 2 is 1.88 bits per heavy atom. The van der Waals surface area contributed by atoms with Gasteiger partial charge in [-0.05, 0) is 51.8 Å². The lowest BCUT2D eigenvalue weighted by atomic mass is 10.1. The van der Waals surface area contributed by atoms with Gasteiger partial charge >= 0.3 is 5.97 Å². The number of H-pyrrole nitrogens is 1. The molecule has 2 aromatic carbocycles. The summed E-state index contributed by atoms with van der Waals surface area (Å²) in [5, 5.41) is 12.7. The van der Waals surface area contributed by atoms with Gasteiger partial charge in [-0.15, -0.1) is 0 Å². The van der Waals surface area contributed by atoms with Crippen molar-refractivity contribution >= 4 is 50.3 Å². The molecule has 0 fully saturated rings. The van der Waals surface area contributed by atoms with Crippen molar-refractivity contribution in [3.05, 3.63) is 79.0 Å². The number of benzene rings is 2. The summed E-state index contributed by atoms with van der Waals surface area (Å²) in [6, 6.07) is 11.4. The summed E-state index contributed by atoms with van der Waals surface area (Å²) in [6.45, 7) is 0.111. The van der Waals surface area contributed by atoms with Crippen molar-refractivity contribution in [3.63, 3.8) is 0 Å². The predicted octanol–water partition coefficient (Wildman–Crippen LogP) is 3.57. The second-order valence-corrected chi connectivity index (χ2v) is 6.80. The van der Waals surface area contributed by atoms with Gasteiger partial charge in [-0.25, -0.2) is 4.79 Å². The molecule has 8 heteroatoms. The van der Waals surface area contributed by atoms with Gasteiger partial charge in [0.2, 0.25) is 0 Å². The molecular formula is C18H12BrClN2O4. The van der Waals surface area contributed by atoms with Crippen LogP contribution in [0.5, 0.6) is 0 Å². The van der Waals surface area contributed by atoms with Crippen molar-refractivity contribution in [1.82, 2.24) is 10.3 Å². The number of carboxylic acid groups (broad SMARTS) is 1. The van der Waals surface area contributed by atoms with Crippen molar-refractivity contribution in [1.29, 1.82) is 0 Å². The fourth-order valence-corrected chi connectivity index (χ4v) is 3.28. The molecule has 3 rings (SSSR count). The van der Waals surface area contributed by atoms with E-state index in [1.54, 1.807) is 36.4 Å². The number of fused-ring (bicyclic) bond motifs is 1. The maximum atomic E-state index is 12.3. The minimum absolute atomic E-state index is 0.111. The molecule has 0 saturated carbocycles. The number of hydrogen-bond acceptors (Lipinski definition) is 3. The Bertz CT molecular complexity index is 1090. The van der Waals surface area contributed by atoms with Crippen LogP contribution in [0.15, 0.2) is 51.7 Å². The first kappa shape index (κ1) is 18.2. The van der Waals surface area contributed by atoms with Crippen LogP contribution in [0, 0.1) is 0 Å². The molecule has 26 heavy (non-hydrogen) atoms. The van der Waals surface area contributed by atoms with Crippen molar-refractivity contribution in [3.8, 4) is 0 Å². The van der Waals surface area contributed by atoms with Gasteiger partial charge in [-0.3, -0.25) is 9.59 Å². The van der Waals surface area contributed by atoms with Crippen molar-refractivity contribution in [2.24, 2.45) is 0 Å². The lowest BCUT2D eigenvalue weighted by molar-refractivity contribution is 0.0695. The number of hydrogen-bond donors (Lipinski definition) is 3. The lowest BCUT2D eigenvalue weighted by Gasteiger charge is -2.10. The first-order valence-corrected chi connectivity index (χ1v) is 8.65. The summed E-state index contributed by atoms with van der Waals surface area (Å²) >= 11 is 9.41. The van der Waals surface area contributed by atoms with Gasteiger partial charge in [0.05, 0.1) is 11.1 Å². The second-order valence-electron chi connectivity index (χ2n) is 5.51. The highest BCUT2D eigenvalue weighted by atomic mass is 79.9. The number of nitrogens with one attached hydrogen (secondary N) is 2. The summed E-state index contributed by atoms with van der Waals surface area (Å²) in [5.74, 6) is -1.62. The number of aromatic nitrogens is 1. The quantitative estimate of drug-likeness (QED) is 0.583. The number of carboxylic acids is 1. The molecule has 132 valence electrons. The number of aromatic carboxylic acids is 1. The van der Waals surface area contributed by atoms with Crippen LogP contribution in [0.4, 0.5) is 0 Å². The smallest absolute Gasteiger partial charge is 0.341 e. The Balaban J connectivity index is 1.96. The topological polar surface area (TPSA) is 99.3 Å². The van der Waals surface area contributed by atoms with E-state index < -0.39 is 11.5 Å². The molecule has 0 atom stereocenters. The normalized spacial score (nSPS) is 10.7. The van der Waals surface area contributed by atoms with E-state index in [-0.39, 0.29) is 18.0 Å². The minimum atomic E-state index is -1.32. The highest BCUT2D eigenvalue weighted by Crippen LogP contribution is 2.23. The van der Waals surface area contributed by atoms with Crippen LogP contribution in [-0.4, -0.2) is 22.0 Å². The molecule has 0 unspecified atom stereocenters. The lowest BCUT2D eigenvalue weighted by Crippen LogP contribution is -2.24. The third kappa shape index (κ3) is 3.63. The molecule has 1 amide bonds. The average molecular weight is 436 g/mol. The first-order valence-electron chi connectivity index (χ1n) is 7.48. The highest BCUT2D eigenvalue weighted by molar-refractivity contribution is 9.10. The van der Waals surface area contributed by atoms with Gasteiger partial charge in [-0.1, -0.05) is 23.7 Å². The molecule has 3 aromatic rings. The van der Waals surface area contributed by atoms with E-state index >= 15 is 0 Å². The van der Waals surface area contributed by atoms with E-state index in [2.05, 4.69) is 26.2 Å². The van der Waals surface area contributed by atoms with Crippen LogP contribution in [0.25, 0.3) is 10.9 Å². The Hall–Kier alpha value is -2.64. The van der Waals surface area contributed by atoms with Crippen LogP contribution < -0.4 is 10.9 Å². The predicted molar refractivity (Wildman–Crippen MR) is 102 cm³/mol. The van der Waals surface area contributed by atoms with Gasteiger partial charge < -0.3 is 15.4 Å². The molecule has 3 N–H and O–H groups in total. The third-order valence-corrected chi connectivity index (χ3v) is 4.70. The largest absolute Gasteiger partial charge is 0.477 e. The van der Waals surface area contributed by atoms with Crippen LogP contribution in [0.1, 0.15) is 26.3 Å². The summed E-state index contributed by atoms with van der Waals surface area (Å²) in [5.41, 5.74) is 0.382. The van der Waals surface area contributed by atoms with Gasteiger partial charge in [0, 0.05) is 21.4 Å². The van der Waals surface area contributed by atoms with E-state index in [1.807, 2.05) is 0 Å². The Labute approximate surface area is 160 Å². The summed E-state index contributed by atoms with van der Waals surface area (Å²) in [6.07, 6.45) is 0. The number of aromatic amines is 1.